The molecule has 0 radical (unpaired) electrons. The van der Waals surface area contributed by atoms with Crippen LogP contribution in [0.4, 0.5) is 0 Å². The average molecular weight is 438 g/mol. The zero-order valence-electron chi connectivity index (χ0n) is 16.2. The van der Waals surface area contributed by atoms with Crippen LogP contribution < -0.4 is 22.3 Å². The van der Waals surface area contributed by atoms with Gasteiger partial charge < -0.3 is 15.5 Å². The highest BCUT2D eigenvalue weighted by molar-refractivity contribution is 7.17. The molecule has 0 spiro atoms. The van der Waals surface area contributed by atoms with Crippen LogP contribution in [0.5, 0.6) is 0 Å². The number of amides is 2. The molecule has 31 heavy (non-hydrogen) atoms. The van der Waals surface area contributed by atoms with Crippen molar-refractivity contribution in [1.82, 2.24) is 14.5 Å². The first-order chi connectivity index (χ1) is 14.9. The Morgan fingerprint density at radius 2 is 1.84 bits per heavy atom. The highest BCUT2D eigenvalue weighted by atomic mass is 32.1. The molecular formula is C21H18N4O5S. The number of rotatable bonds is 7. The number of carbonyl (C=O) groups excluding carboxylic acids is 2. The van der Waals surface area contributed by atoms with E-state index in [0.29, 0.717) is 27.1 Å². The van der Waals surface area contributed by atoms with Crippen LogP contribution in [0.1, 0.15) is 21.7 Å². The number of benzene rings is 1. The molecule has 0 unspecified atom stereocenters. The fourth-order valence-electron chi connectivity index (χ4n) is 3.21. The van der Waals surface area contributed by atoms with E-state index in [9.17, 15) is 19.2 Å². The van der Waals surface area contributed by atoms with E-state index in [0.717, 1.165) is 4.57 Å². The predicted octanol–water partition coefficient (Wildman–Crippen LogP) is 1.28. The molecule has 4 aromatic rings. The Balaban J connectivity index is 1.58. The number of nitrogens with one attached hydrogen (secondary N) is 1. The van der Waals surface area contributed by atoms with Gasteiger partial charge in [-0.2, -0.15) is 0 Å². The van der Waals surface area contributed by atoms with Crippen molar-refractivity contribution >= 4 is 33.4 Å². The number of carbonyl (C=O) groups is 2. The van der Waals surface area contributed by atoms with Crippen LogP contribution in [-0.2, 0) is 24.4 Å². The van der Waals surface area contributed by atoms with E-state index in [1.165, 1.54) is 22.2 Å². The summed E-state index contributed by atoms with van der Waals surface area (Å²) in [7, 11) is 0. The third-order valence-electron chi connectivity index (χ3n) is 4.71. The Hall–Kier alpha value is -3.92. The molecule has 4 rings (SSSR count). The fraction of sp³-hybridized carbons (Fsp3) is 0.143. The van der Waals surface area contributed by atoms with Gasteiger partial charge in [0.05, 0.1) is 24.9 Å². The number of nitrogens with zero attached hydrogens (tertiary/aromatic N) is 2. The molecule has 0 bridgehead atoms. The normalized spacial score (nSPS) is 11.0. The van der Waals surface area contributed by atoms with Crippen molar-refractivity contribution in [1.29, 1.82) is 0 Å². The Morgan fingerprint density at radius 1 is 1.06 bits per heavy atom. The van der Waals surface area contributed by atoms with E-state index in [4.69, 9.17) is 10.2 Å². The molecule has 1 aromatic carbocycles. The number of hydrogen-bond donors (Lipinski definition) is 2. The molecule has 0 aliphatic rings. The molecule has 0 saturated carbocycles. The maximum Gasteiger partial charge on any atom is 0.332 e. The molecule has 9 nitrogen and oxygen atoms in total. The largest absolute Gasteiger partial charge is 0.467 e. The Labute approximate surface area is 179 Å². The second-order valence-electron chi connectivity index (χ2n) is 6.82. The zero-order chi connectivity index (χ0) is 22.0. The SMILES string of the molecule is NC(=O)Cn1c(=O)n(Cc2ccc(C(=O)NCc3ccco3)cc2)c(=O)c2sccc21. The minimum Gasteiger partial charge on any atom is -0.467 e. The summed E-state index contributed by atoms with van der Waals surface area (Å²) in [5, 5.41) is 4.43. The molecule has 10 heteroatoms. The molecule has 0 saturated heterocycles. The van der Waals surface area contributed by atoms with Crippen LogP contribution in [-0.4, -0.2) is 20.9 Å². The summed E-state index contributed by atoms with van der Waals surface area (Å²) >= 11 is 1.19. The molecule has 3 N–H and O–H groups in total. The molecule has 2 amide bonds. The van der Waals surface area contributed by atoms with Crippen LogP contribution in [0.15, 0.2) is 68.1 Å². The number of thiophene rings is 1. The summed E-state index contributed by atoms with van der Waals surface area (Å²) in [4.78, 5) is 49.3. The van der Waals surface area contributed by atoms with E-state index in [-0.39, 0.29) is 25.5 Å². The maximum atomic E-state index is 12.9. The van der Waals surface area contributed by atoms with Crippen molar-refractivity contribution in [3.63, 3.8) is 0 Å². The van der Waals surface area contributed by atoms with E-state index < -0.39 is 17.2 Å². The van der Waals surface area contributed by atoms with Gasteiger partial charge in [0.15, 0.2) is 0 Å². The van der Waals surface area contributed by atoms with Crippen molar-refractivity contribution in [2.45, 2.75) is 19.6 Å². The maximum absolute atomic E-state index is 12.9. The lowest BCUT2D eigenvalue weighted by Crippen LogP contribution is -2.41. The zero-order valence-corrected chi connectivity index (χ0v) is 17.1. The van der Waals surface area contributed by atoms with Crippen molar-refractivity contribution in [2.75, 3.05) is 0 Å². The standard InChI is InChI=1S/C21H18N4O5S/c22-17(26)12-24-16-7-9-31-18(16)20(28)25(21(24)29)11-13-3-5-14(6-4-13)19(27)23-10-15-2-1-8-30-15/h1-9H,10-12H2,(H2,22,26)(H,23,27). The molecular weight excluding hydrogens is 420 g/mol. The first-order valence-corrected chi connectivity index (χ1v) is 10.2. The lowest BCUT2D eigenvalue weighted by atomic mass is 10.1. The van der Waals surface area contributed by atoms with E-state index >= 15 is 0 Å². The number of fused-ring (bicyclic) bond motifs is 1. The quantitative estimate of drug-likeness (QED) is 0.449. The minimum absolute atomic E-state index is 0.00143. The molecule has 158 valence electrons. The minimum atomic E-state index is -0.676. The summed E-state index contributed by atoms with van der Waals surface area (Å²) in [5.41, 5.74) is 5.69. The van der Waals surface area contributed by atoms with Gasteiger partial charge in [0.25, 0.3) is 11.5 Å². The molecule has 3 heterocycles. The molecule has 0 fully saturated rings. The Kier molecular flexibility index (Phi) is 5.54. The van der Waals surface area contributed by atoms with Gasteiger partial charge >= 0.3 is 5.69 Å². The van der Waals surface area contributed by atoms with Crippen molar-refractivity contribution in [2.24, 2.45) is 5.73 Å². The first-order valence-electron chi connectivity index (χ1n) is 9.32. The van der Waals surface area contributed by atoms with Crippen LogP contribution in [0.25, 0.3) is 10.2 Å². The molecule has 0 aliphatic carbocycles. The summed E-state index contributed by atoms with van der Waals surface area (Å²) in [6.45, 7) is -0.0527. The third kappa shape index (κ3) is 4.19. The predicted molar refractivity (Wildman–Crippen MR) is 115 cm³/mol. The van der Waals surface area contributed by atoms with Crippen LogP contribution in [0.3, 0.4) is 0 Å². The van der Waals surface area contributed by atoms with Crippen molar-refractivity contribution in [3.8, 4) is 0 Å². The van der Waals surface area contributed by atoms with Gasteiger partial charge in [0.1, 0.15) is 17.0 Å². The highest BCUT2D eigenvalue weighted by Gasteiger charge is 2.16. The van der Waals surface area contributed by atoms with Gasteiger partial charge in [0.2, 0.25) is 5.91 Å². The monoisotopic (exact) mass is 438 g/mol. The van der Waals surface area contributed by atoms with E-state index in [1.54, 1.807) is 47.8 Å². The second kappa shape index (κ2) is 8.44. The molecule has 0 aliphatic heterocycles. The van der Waals surface area contributed by atoms with Crippen LogP contribution in [0.2, 0.25) is 0 Å². The van der Waals surface area contributed by atoms with Gasteiger partial charge in [-0.3, -0.25) is 23.5 Å². The second-order valence-corrected chi connectivity index (χ2v) is 7.74. The highest BCUT2D eigenvalue weighted by Crippen LogP contribution is 2.15. The van der Waals surface area contributed by atoms with Crippen molar-refractivity contribution in [3.05, 3.63) is 91.8 Å². The van der Waals surface area contributed by atoms with E-state index in [2.05, 4.69) is 5.32 Å². The summed E-state index contributed by atoms with van der Waals surface area (Å²) < 4.78 is 7.81. The van der Waals surface area contributed by atoms with Gasteiger partial charge in [0, 0.05) is 5.56 Å². The summed E-state index contributed by atoms with van der Waals surface area (Å²) in [6.07, 6.45) is 1.53. The van der Waals surface area contributed by atoms with Gasteiger partial charge in [-0.15, -0.1) is 11.3 Å². The summed E-state index contributed by atoms with van der Waals surface area (Å²) in [6, 6.07) is 11.7. The van der Waals surface area contributed by atoms with Crippen LogP contribution >= 0.6 is 11.3 Å². The third-order valence-corrected chi connectivity index (χ3v) is 5.60. The Morgan fingerprint density at radius 3 is 2.52 bits per heavy atom. The van der Waals surface area contributed by atoms with Gasteiger partial charge in [-0.25, -0.2) is 4.79 Å². The van der Waals surface area contributed by atoms with Gasteiger partial charge in [-0.05, 0) is 41.3 Å². The summed E-state index contributed by atoms with van der Waals surface area (Å²) in [5.74, 6) is -0.311. The number of furan rings is 1. The number of nitrogens with two attached hydrogens (primary N) is 1. The van der Waals surface area contributed by atoms with E-state index in [1.807, 2.05) is 0 Å². The number of hydrogen-bond acceptors (Lipinski definition) is 6. The lowest BCUT2D eigenvalue weighted by molar-refractivity contribution is -0.118. The van der Waals surface area contributed by atoms with Crippen molar-refractivity contribution < 1.29 is 14.0 Å². The van der Waals surface area contributed by atoms with Gasteiger partial charge in [-0.1, -0.05) is 12.1 Å². The smallest absolute Gasteiger partial charge is 0.332 e. The van der Waals surface area contributed by atoms with Crippen LogP contribution in [0, 0.1) is 0 Å². The molecule has 0 atom stereocenters. The fourth-order valence-corrected chi connectivity index (χ4v) is 4.05. The lowest BCUT2D eigenvalue weighted by Gasteiger charge is -2.11. The number of primary amides is 1. The number of aromatic nitrogens is 2. The average Bonchev–Trinajstić information content (AvgIpc) is 3.45. The topological polar surface area (TPSA) is 129 Å². The Bertz CT molecular complexity index is 1360. The first kappa shape index (κ1) is 20.4. The molecule has 3 aromatic heterocycles.